The lowest BCUT2D eigenvalue weighted by molar-refractivity contribution is -0.384. The molecule has 0 bridgehead atoms. The Morgan fingerprint density at radius 2 is 1.79 bits per heavy atom. The van der Waals surface area contributed by atoms with Crippen molar-refractivity contribution in [3.63, 3.8) is 0 Å². The Hall–Kier alpha value is -2.37. The van der Waals surface area contributed by atoms with Crippen LogP contribution in [0.1, 0.15) is 17.0 Å². The summed E-state index contributed by atoms with van der Waals surface area (Å²) in [5, 5.41) is 11.0. The van der Waals surface area contributed by atoms with Gasteiger partial charge >= 0.3 is 0 Å². The quantitative estimate of drug-likeness (QED) is 0.682. The molecule has 0 spiro atoms. The Morgan fingerprint density at radius 3 is 2.32 bits per heavy atom. The van der Waals surface area contributed by atoms with Gasteiger partial charge in [0.15, 0.2) is 0 Å². The summed E-state index contributed by atoms with van der Waals surface area (Å²) in [6, 6.07) is 6.16. The maximum atomic E-state index is 13.4. The lowest BCUT2D eigenvalue weighted by atomic mass is 10.2. The molecule has 0 atom stereocenters. The zero-order valence-corrected chi connectivity index (χ0v) is 10.9. The van der Waals surface area contributed by atoms with Crippen molar-refractivity contribution in [1.29, 1.82) is 0 Å². The number of anilines is 1. The Bertz CT molecular complexity index is 630. The number of halogens is 1. The van der Waals surface area contributed by atoms with E-state index in [2.05, 4.69) is 5.43 Å². The van der Waals surface area contributed by atoms with E-state index < -0.39 is 10.7 Å². The number of nitrogens with zero attached hydrogens (tertiary/aromatic N) is 2. The molecule has 0 aliphatic rings. The van der Waals surface area contributed by atoms with Crippen molar-refractivity contribution in [2.24, 2.45) is 0 Å². The summed E-state index contributed by atoms with van der Waals surface area (Å²) in [5.74, 6) is -0.585. The minimum atomic E-state index is -0.598. The van der Waals surface area contributed by atoms with Crippen LogP contribution in [0.25, 0.3) is 0 Å². The summed E-state index contributed by atoms with van der Waals surface area (Å²) in [4.78, 5) is 10.4. The first-order valence-electron chi connectivity index (χ1n) is 5.76. The fourth-order valence-corrected chi connectivity index (χ4v) is 1.88. The van der Waals surface area contributed by atoms with Crippen molar-refractivity contribution in [2.75, 3.05) is 5.43 Å². The molecular weight excluding hydrogens is 249 g/mol. The van der Waals surface area contributed by atoms with Crippen LogP contribution in [0, 0.1) is 36.7 Å². The molecule has 1 aromatic heterocycles. The number of nitrogens with one attached hydrogen (secondary N) is 1. The number of hydrogen-bond donors (Lipinski definition) is 1. The standard InChI is InChI=1S/C13H14FN3O2/c1-8-6-12(13(17(18)19)7-11(8)14)15-16-9(2)4-5-10(16)3/h4-7,15H,1-3H3. The average molecular weight is 263 g/mol. The fraction of sp³-hybridized carbons (Fsp3) is 0.231. The van der Waals surface area contributed by atoms with Gasteiger partial charge in [-0.15, -0.1) is 0 Å². The number of hydrogen-bond acceptors (Lipinski definition) is 3. The van der Waals surface area contributed by atoms with Crippen LogP contribution in [0.2, 0.25) is 0 Å². The maximum Gasteiger partial charge on any atom is 0.297 e. The Labute approximate surface area is 109 Å². The molecule has 0 aliphatic heterocycles. The first kappa shape index (κ1) is 13.1. The van der Waals surface area contributed by atoms with Crippen molar-refractivity contribution < 1.29 is 9.31 Å². The molecule has 0 amide bonds. The van der Waals surface area contributed by atoms with Crippen LogP contribution in [-0.4, -0.2) is 9.60 Å². The third kappa shape index (κ3) is 2.42. The molecule has 6 heteroatoms. The second-order valence-electron chi connectivity index (χ2n) is 4.44. The number of aromatic nitrogens is 1. The second-order valence-corrected chi connectivity index (χ2v) is 4.44. The van der Waals surface area contributed by atoms with E-state index in [0.29, 0.717) is 5.56 Å². The minimum Gasteiger partial charge on any atom is -0.288 e. The van der Waals surface area contributed by atoms with Gasteiger partial charge < -0.3 is 0 Å². The van der Waals surface area contributed by atoms with Gasteiger partial charge in [0.05, 0.1) is 11.0 Å². The number of nitro benzene ring substituents is 1. The molecule has 2 rings (SSSR count). The molecule has 0 radical (unpaired) electrons. The zero-order valence-electron chi connectivity index (χ0n) is 10.9. The molecule has 0 aliphatic carbocycles. The number of aryl methyl sites for hydroxylation is 3. The average Bonchev–Trinajstić information content (AvgIpc) is 2.65. The summed E-state index contributed by atoms with van der Waals surface area (Å²) in [6.45, 7) is 5.32. The van der Waals surface area contributed by atoms with E-state index in [-0.39, 0.29) is 11.4 Å². The molecule has 2 aromatic rings. The van der Waals surface area contributed by atoms with Crippen molar-refractivity contribution >= 4 is 11.4 Å². The van der Waals surface area contributed by atoms with Crippen molar-refractivity contribution in [1.82, 2.24) is 4.68 Å². The van der Waals surface area contributed by atoms with E-state index in [1.54, 1.807) is 11.6 Å². The molecule has 0 saturated carbocycles. The van der Waals surface area contributed by atoms with Crippen LogP contribution < -0.4 is 5.43 Å². The summed E-state index contributed by atoms with van der Waals surface area (Å²) in [5.41, 5.74) is 5.11. The topological polar surface area (TPSA) is 60.1 Å². The van der Waals surface area contributed by atoms with E-state index in [0.717, 1.165) is 17.5 Å². The van der Waals surface area contributed by atoms with Gasteiger partial charge in [0.25, 0.3) is 5.69 Å². The SMILES string of the molecule is Cc1cc(Nn2c(C)ccc2C)c([N+](=O)[O-])cc1F. The van der Waals surface area contributed by atoms with Crippen molar-refractivity contribution in [2.45, 2.75) is 20.8 Å². The van der Waals surface area contributed by atoms with Gasteiger partial charge in [-0.3, -0.25) is 20.2 Å². The summed E-state index contributed by atoms with van der Waals surface area (Å²) < 4.78 is 15.1. The highest BCUT2D eigenvalue weighted by Crippen LogP contribution is 2.28. The molecule has 0 fully saturated rings. The van der Waals surface area contributed by atoms with Gasteiger partial charge in [-0.2, -0.15) is 0 Å². The van der Waals surface area contributed by atoms with Crippen LogP contribution in [0.4, 0.5) is 15.8 Å². The highest BCUT2D eigenvalue weighted by atomic mass is 19.1. The number of rotatable bonds is 3. The Balaban J connectivity index is 2.50. The lowest BCUT2D eigenvalue weighted by Crippen LogP contribution is -2.13. The van der Waals surface area contributed by atoms with Gasteiger partial charge in [0.2, 0.25) is 0 Å². The van der Waals surface area contributed by atoms with E-state index in [1.807, 2.05) is 26.0 Å². The smallest absolute Gasteiger partial charge is 0.288 e. The van der Waals surface area contributed by atoms with E-state index in [1.165, 1.54) is 6.07 Å². The van der Waals surface area contributed by atoms with E-state index >= 15 is 0 Å². The fourth-order valence-electron chi connectivity index (χ4n) is 1.88. The van der Waals surface area contributed by atoms with Gasteiger partial charge in [-0.25, -0.2) is 4.39 Å². The summed E-state index contributed by atoms with van der Waals surface area (Å²) in [6.07, 6.45) is 0. The molecule has 19 heavy (non-hydrogen) atoms. The van der Waals surface area contributed by atoms with Crippen molar-refractivity contribution in [3.8, 4) is 0 Å². The minimum absolute atomic E-state index is 0.270. The second kappa shape index (κ2) is 4.72. The predicted molar refractivity (Wildman–Crippen MR) is 70.7 cm³/mol. The maximum absolute atomic E-state index is 13.4. The number of benzene rings is 1. The molecule has 0 saturated heterocycles. The van der Waals surface area contributed by atoms with Crippen LogP contribution in [0.5, 0.6) is 0 Å². The molecular formula is C13H14FN3O2. The monoisotopic (exact) mass is 263 g/mol. The van der Waals surface area contributed by atoms with Crippen LogP contribution in [-0.2, 0) is 0 Å². The van der Waals surface area contributed by atoms with Crippen LogP contribution >= 0.6 is 0 Å². The van der Waals surface area contributed by atoms with Gasteiger partial charge in [0, 0.05) is 11.4 Å². The lowest BCUT2D eigenvalue weighted by Gasteiger charge is -2.13. The predicted octanol–water partition coefficient (Wildman–Crippen LogP) is 3.34. The number of nitro groups is 1. The summed E-state index contributed by atoms with van der Waals surface area (Å²) >= 11 is 0. The Morgan fingerprint density at radius 1 is 1.21 bits per heavy atom. The van der Waals surface area contributed by atoms with Crippen LogP contribution in [0.15, 0.2) is 24.3 Å². The molecule has 5 nitrogen and oxygen atoms in total. The third-order valence-electron chi connectivity index (χ3n) is 2.98. The molecule has 100 valence electrons. The largest absolute Gasteiger partial charge is 0.297 e. The normalized spacial score (nSPS) is 10.5. The molecule has 1 aromatic carbocycles. The van der Waals surface area contributed by atoms with Gasteiger partial charge in [-0.05, 0) is 44.5 Å². The first-order chi connectivity index (χ1) is 8.90. The van der Waals surface area contributed by atoms with Crippen molar-refractivity contribution in [3.05, 3.63) is 57.1 Å². The van der Waals surface area contributed by atoms with Gasteiger partial charge in [-0.1, -0.05) is 0 Å². The highest BCUT2D eigenvalue weighted by Gasteiger charge is 2.18. The molecule has 1 heterocycles. The molecule has 0 unspecified atom stereocenters. The highest BCUT2D eigenvalue weighted by molar-refractivity contribution is 5.63. The zero-order chi connectivity index (χ0) is 14.2. The van der Waals surface area contributed by atoms with Gasteiger partial charge in [0.1, 0.15) is 11.5 Å². The van der Waals surface area contributed by atoms with E-state index in [4.69, 9.17) is 0 Å². The summed E-state index contributed by atoms with van der Waals surface area (Å²) in [7, 11) is 0. The first-order valence-corrected chi connectivity index (χ1v) is 5.76. The van der Waals surface area contributed by atoms with E-state index in [9.17, 15) is 14.5 Å². The Kier molecular flexibility index (Phi) is 3.25. The third-order valence-corrected chi connectivity index (χ3v) is 2.98. The van der Waals surface area contributed by atoms with Crippen LogP contribution in [0.3, 0.4) is 0 Å². The molecule has 1 N–H and O–H groups in total.